The van der Waals surface area contributed by atoms with Crippen molar-refractivity contribution in [2.75, 3.05) is 0 Å². The summed E-state index contributed by atoms with van der Waals surface area (Å²) in [4.78, 5) is 13.1. The van der Waals surface area contributed by atoms with Crippen molar-refractivity contribution < 1.29 is 14.3 Å². The first kappa shape index (κ1) is 20.2. The summed E-state index contributed by atoms with van der Waals surface area (Å²) < 4.78 is 12.2. The van der Waals surface area contributed by atoms with E-state index in [4.69, 9.17) is 9.47 Å². The highest BCUT2D eigenvalue weighted by molar-refractivity contribution is 5.81. The minimum absolute atomic E-state index is 0.0847. The quantitative estimate of drug-likeness (QED) is 0.775. The molecule has 2 aromatic carbocycles. The molecule has 28 heavy (non-hydrogen) atoms. The van der Waals surface area contributed by atoms with Gasteiger partial charge >= 0.3 is 0 Å². The van der Waals surface area contributed by atoms with Crippen LogP contribution in [-0.2, 0) is 4.79 Å². The first-order valence-electron chi connectivity index (χ1n) is 10.0. The Balaban J connectivity index is 1.81. The number of hydrogen-bond donors (Lipinski definition) is 1. The van der Waals surface area contributed by atoms with E-state index in [1.807, 2.05) is 51.1 Å². The molecular formula is C24H31NO3. The van der Waals surface area contributed by atoms with Crippen LogP contribution in [0.1, 0.15) is 61.9 Å². The molecule has 2 unspecified atom stereocenters. The van der Waals surface area contributed by atoms with Crippen molar-refractivity contribution in [3.63, 3.8) is 0 Å². The van der Waals surface area contributed by atoms with Crippen LogP contribution in [-0.4, -0.2) is 17.6 Å². The van der Waals surface area contributed by atoms with Crippen LogP contribution in [0.3, 0.4) is 0 Å². The van der Waals surface area contributed by atoms with Crippen molar-refractivity contribution in [3.8, 4) is 11.5 Å². The zero-order chi connectivity index (χ0) is 20.5. The lowest BCUT2D eigenvalue weighted by molar-refractivity contribution is -0.129. The molecule has 0 fully saturated rings. The SMILES string of the molecule is CCC(Oc1cccc(C)c1C)C(=O)NC1CC(C)(C)Oc2ccc(C)cc21. The second kappa shape index (κ2) is 7.86. The number of fused-ring (bicyclic) bond motifs is 1. The van der Waals surface area contributed by atoms with Gasteiger partial charge in [-0.25, -0.2) is 0 Å². The van der Waals surface area contributed by atoms with E-state index in [0.717, 1.165) is 40.2 Å². The predicted octanol–water partition coefficient (Wildman–Crippen LogP) is 5.19. The molecule has 1 N–H and O–H groups in total. The van der Waals surface area contributed by atoms with Crippen molar-refractivity contribution in [2.24, 2.45) is 0 Å². The van der Waals surface area contributed by atoms with Crippen LogP contribution in [0.4, 0.5) is 0 Å². The van der Waals surface area contributed by atoms with E-state index >= 15 is 0 Å². The fourth-order valence-corrected chi connectivity index (χ4v) is 3.69. The molecule has 2 atom stereocenters. The van der Waals surface area contributed by atoms with Crippen LogP contribution < -0.4 is 14.8 Å². The number of benzene rings is 2. The highest BCUT2D eigenvalue weighted by atomic mass is 16.5. The van der Waals surface area contributed by atoms with Crippen LogP contribution in [0.5, 0.6) is 11.5 Å². The number of hydrogen-bond acceptors (Lipinski definition) is 3. The number of aryl methyl sites for hydroxylation is 2. The fourth-order valence-electron chi connectivity index (χ4n) is 3.69. The van der Waals surface area contributed by atoms with Crippen LogP contribution in [0.25, 0.3) is 0 Å². The molecule has 1 amide bonds. The topological polar surface area (TPSA) is 47.6 Å². The third-order valence-corrected chi connectivity index (χ3v) is 5.43. The Kier molecular flexibility index (Phi) is 5.69. The Labute approximate surface area is 168 Å². The summed E-state index contributed by atoms with van der Waals surface area (Å²) in [7, 11) is 0. The molecule has 1 aliphatic rings. The maximum absolute atomic E-state index is 13.1. The summed E-state index contributed by atoms with van der Waals surface area (Å²) in [6.45, 7) is 12.2. The summed E-state index contributed by atoms with van der Waals surface area (Å²) in [6.07, 6.45) is 0.793. The van der Waals surface area contributed by atoms with E-state index in [1.54, 1.807) is 0 Å². The van der Waals surface area contributed by atoms with Crippen molar-refractivity contribution in [2.45, 2.75) is 72.1 Å². The lowest BCUT2D eigenvalue weighted by Gasteiger charge is -2.38. The molecule has 0 spiro atoms. The van der Waals surface area contributed by atoms with Gasteiger partial charge in [0, 0.05) is 12.0 Å². The molecule has 0 saturated carbocycles. The summed E-state index contributed by atoms with van der Waals surface area (Å²) in [6, 6.07) is 12.0. The number of amides is 1. The lowest BCUT2D eigenvalue weighted by Crippen LogP contribution is -2.45. The van der Waals surface area contributed by atoms with Gasteiger partial charge in [-0.15, -0.1) is 0 Å². The Morgan fingerprint density at radius 2 is 2.00 bits per heavy atom. The normalized spacial score (nSPS) is 18.6. The number of carbonyl (C=O) groups is 1. The molecule has 0 aromatic heterocycles. The standard InChI is InChI=1S/C24H31NO3/c1-7-20(27-21-10-8-9-16(3)17(21)4)23(26)25-19-14-24(5,6)28-22-12-11-15(2)13-18(19)22/h8-13,19-20H,7,14H2,1-6H3,(H,25,26). The first-order valence-corrected chi connectivity index (χ1v) is 10.0. The minimum Gasteiger partial charge on any atom is -0.487 e. The van der Waals surface area contributed by atoms with Crippen molar-refractivity contribution in [3.05, 3.63) is 58.7 Å². The fraction of sp³-hybridized carbons (Fsp3) is 0.458. The zero-order valence-electron chi connectivity index (χ0n) is 17.8. The van der Waals surface area contributed by atoms with Crippen LogP contribution >= 0.6 is 0 Å². The van der Waals surface area contributed by atoms with Crippen LogP contribution in [0, 0.1) is 20.8 Å². The number of nitrogens with one attached hydrogen (secondary N) is 1. The Hall–Kier alpha value is -2.49. The average molecular weight is 382 g/mol. The molecule has 3 rings (SSSR count). The van der Waals surface area contributed by atoms with E-state index in [9.17, 15) is 4.79 Å². The lowest BCUT2D eigenvalue weighted by atomic mass is 9.88. The van der Waals surface area contributed by atoms with Gasteiger partial charge in [0.1, 0.15) is 17.1 Å². The van der Waals surface area contributed by atoms with Gasteiger partial charge in [-0.1, -0.05) is 36.8 Å². The Morgan fingerprint density at radius 3 is 2.71 bits per heavy atom. The molecule has 1 aliphatic heterocycles. The highest BCUT2D eigenvalue weighted by Crippen LogP contribution is 2.40. The molecule has 0 aliphatic carbocycles. The van der Waals surface area contributed by atoms with Gasteiger partial charge in [0.25, 0.3) is 5.91 Å². The number of carbonyl (C=O) groups excluding carboxylic acids is 1. The summed E-state index contributed by atoms with van der Waals surface area (Å²) in [5, 5.41) is 3.22. The van der Waals surface area contributed by atoms with Crippen molar-refractivity contribution in [1.29, 1.82) is 0 Å². The van der Waals surface area contributed by atoms with Gasteiger partial charge < -0.3 is 14.8 Å². The molecule has 4 nitrogen and oxygen atoms in total. The second-order valence-corrected chi connectivity index (χ2v) is 8.38. The van der Waals surface area contributed by atoms with Gasteiger partial charge in [-0.05, 0) is 64.3 Å². The minimum atomic E-state index is -0.528. The molecule has 0 saturated heterocycles. The monoisotopic (exact) mass is 381 g/mol. The maximum atomic E-state index is 13.1. The second-order valence-electron chi connectivity index (χ2n) is 8.38. The smallest absolute Gasteiger partial charge is 0.261 e. The summed E-state index contributed by atoms with van der Waals surface area (Å²) in [5.74, 6) is 1.53. The molecule has 1 heterocycles. The van der Waals surface area contributed by atoms with Gasteiger partial charge in [0.05, 0.1) is 6.04 Å². The molecule has 2 aromatic rings. The molecular weight excluding hydrogens is 350 g/mol. The molecule has 150 valence electrons. The van der Waals surface area contributed by atoms with E-state index in [0.29, 0.717) is 6.42 Å². The first-order chi connectivity index (χ1) is 13.2. The third-order valence-electron chi connectivity index (χ3n) is 5.43. The van der Waals surface area contributed by atoms with Gasteiger partial charge in [0.2, 0.25) is 0 Å². The zero-order valence-corrected chi connectivity index (χ0v) is 17.8. The summed E-state index contributed by atoms with van der Waals surface area (Å²) >= 11 is 0. The number of rotatable bonds is 5. The van der Waals surface area contributed by atoms with E-state index in [2.05, 4.69) is 32.2 Å². The van der Waals surface area contributed by atoms with E-state index in [-0.39, 0.29) is 17.6 Å². The highest BCUT2D eigenvalue weighted by Gasteiger charge is 2.35. The van der Waals surface area contributed by atoms with Gasteiger partial charge in [-0.2, -0.15) is 0 Å². The van der Waals surface area contributed by atoms with E-state index in [1.165, 1.54) is 0 Å². The van der Waals surface area contributed by atoms with E-state index < -0.39 is 6.10 Å². The predicted molar refractivity (Wildman–Crippen MR) is 112 cm³/mol. The van der Waals surface area contributed by atoms with Crippen LogP contribution in [0.2, 0.25) is 0 Å². The third kappa shape index (κ3) is 4.32. The van der Waals surface area contributed by atoms with Crippen molar-refractivity contribution >= 4 is 5.91 Å². The Bertz CT molecular complexity index is 872. The average Bonchev–Trinajstić information content (AvgIpc) is 2.62. The van der Waals surface area contributed by atoms with Gasteiger partial charge in [0.15, 0.2) is 6.10 Å². The van der Waals surface area contributed by atoms with Gasteiger partial charge in [-0.3, -0.25) is 4.79 Å². The molecule has 4 heteroatoms. The Morgan fingerprint density at radius 1 is 1.25 bits per heavy atom. The summed E-state index contributed by atoms with van der Waals surface area (Å²) in [5.41, 5.74) is 4.08. The molecule has 0 bridgehead atoms. The van der Waals surface area contributed by atoms with Crippen LogP contribution in [0.15, 0.2) is 36.4 Å². The maximum Gasteiger partial charge on any atom is 0.261 e. The molecule has 0 radical (unpaired) electrons. The number of ether oxygens (including phenoxy) is 2. The largest absolute Gasteiger partial charge is 0.487 e. The van der Waals surface area contributed by atoms with Crippen molar-refractivity contribution in [1.82, 2.24) is 5.32 Å².